The molecule has 3 aromatic rings. The SMILES string of the molecule is COc1ccc(N(C)c2nc(C=CCCCCCC(=O)O)nc3ccccc23)cc1. The van der Waals surface area contributed by atoms with Crippen LogP contribution in [-0.2, 0) is 4.79 Å². The van der Waals surface area contributed by atoms with Crippen LogP contribution in [0, 0.1) is 0 Å². The summed E-state index contributed by atoms with van der Waals surface area (Å²) < 4.78 is 5.25. The van der Waals surface area contributed by atoms with Crippen molar-refractivity contribution in [1.29, 1.82) is 0 Å². The lowest BCUT2D eigenvalue weighted by Crippen LogP contribution is -2.13. The molecule has 0 aliphatic heterocycles. The molecule has 0 aliphatic rings. The average molecular weight is 405 g/mol. The molecule has 30 heavy (non-hydrogen) atoms. The fourth-order valence-electron chi connectivity index (χ4n) is 3.24. The van der Waals surface area contributed by atoms with Crippen LogP contribution < -0.4 is 9.64 Å². The molecule has 0 fully saturated rings. The van der Waals surface area contributed by atoms with Gasteiger partial charge in [-0.2, -0.15) is 0 Å². The molecule has 0 amide bonds. The van der Waals surface area contributed by atoms with E-state index in [1.54, 1.807) is 7.11 Å². The van der Waals surface area contributed by atoms with Gasteiger partial charge < -0.3 is 14.7 Å². The van der Waals surface area contributed by atoms with Gasteiger partial charge in [0, 0.05) is 24.5 Å². The Kier molecular flexibility index (Phi) is 7.38. The van der Waals surface area contributed by atoms with Crippen LogP contribution in [0.4, 0.5) is 11.5 Å². The molecule has 0 atom stereocenters. The number of carboxylic acid groups (broad SMARTS) is 1. The summed E-state index contributed by atoms with van der Waals surface area (Å²) in [5.41, 5.74) is 1.90. The number of para-hydroxylation sites is 1. The maximum absolute atomic E-state index is 10.6. The maximum Gasteiger partial charge on any atom is 0.303 e. The Hall–Kier alpha value is -3.41. The number of fused-ring (bicyclic) bond motifs is 1. The third-order valence-corrected chi connectivity index (χ3v) is 4.91. The van der Waals surface area contributed by atoms with Crippen molar-refractivity contribution < 1.29 is 14.6 Å². The summed E-state index contributed by atoms with van der Waals surface area (Å²) in [5, 5.41) is 9.68. The Labute approximate surface area is 176 Å². The smallest absolute Gasteiger partial charge is 0.303 e. The number of aliphatic carboxylic acids is 1. The van der Waals surface area contributed by atoms with Gasteiger partial charge in [-0.1, -0.05) is 24.6 Å². The van der Waals surface area contributed by atoms with Gasteiger partial charge in [-0.15, -0.1) is 0 Å². The Morgan fingerprint density at radius 3 is 2.57 bits per heavy atom. The monoisotopic (exact) mass is 405 g/mol. The van der Waals surface area contributed by atoms with E-state index in [9.17, 15) is 4.79 Å². The van der Waals surface area contributed by atoms with E-state index in [-0.39, 0.29) is 6.42 Å². The first-order valence-corrected chi connectivity index (χ1v) is 10.1. The zero-order chi connectivity index (χ0) is 21.3. The van der Waals surface area contributed by atoms with Crippen LogP contribution in [0.1, 0.15) is 37.9 Å². The van der Waals surface area contributed by atoms with Gasteiger partial charge >= 0.3 is 5.97 Å². The van der Waals surface area contributed by atoms with Crippen LogP contribution in [0.2, 0.25) is 0 Å². The van der Waals surface area contributed by atoms with Gasteiger partial charge in [-0.05, 0) is 61.7 Å². The first kappa shape index (κ1) is 21.3. The third-order valence-electron chi connectivity index (χ3n) is 4.91. The fraction of sp³-hybridized carbons (Fsp3) is 0.292. The highest BCUT2D eigenvalue weighted by molar-refractivity contribution is 5.92. The number of ether oxygens (including phenoxy) is 1. The molecule has 1 N–H and O–H groups in total. The van der Waals surface area contributed by atoms with Crippen LogP contribution in [0.5, 0.6) is 5.75 Å². The topological polar surface area (TPSA) is 75.5 Å². The molecule has 1 heterocycles. The molecule has 0 unspecified atom stereocenters. The molecule has 0 aliphatic carbocycles. The number of carboxylic acids is 1. The average Bonchev–Trinajstić information content (AvgIpc) is 2.77. The number of hydrogen-bond donors (Lipinski definition) is 1. The van der Waals surface area contributed by atoms with Crippen LogP contribution >= 0.6 is 0 Å². The van der Waals surface area contributed by atoms with Gasteiger partial charge in [0.05, 0.1) is 12.6 Å². The Bertz CT molecular complexity index is 1020. The van der Waals surface area contributed by atoms with E-state index in [1.165, 1.54) is 0 Å². The first-order chi connectivity index (χ1) is 14.6. The number of methoxy groups -OCH3 is 1. The minimum Gasteiger partial charge on any atom is -0.497 e. The Morgan fingerprint density at radius 2 is 1.83 bits per heavy atom. The minimum atomic E-state index is -0.733. The van der Waals surface area contributed by atoms with Crippen molar-refractivity contribution in [2.24, 2.45) is 0 Å². The van der Waals surface area contributed by atoms with E-state index < -0.39 is 5.97 Å². The number of benzene rings is 2. The van der Waals surface area contributed by atoms with Gasteiger partial charge in [0.15, 0.2) is 5.82 Å². The first-order valence-electron chi connectivity index (χ1n) is 10.1. The van der Waals surface area contributed by atoms with E-state index in [0.29, 0.717) is 12.2 Å². The second-order valence-corrected chi connectivity index (χ2v) is 7.08. The van der Waals surface area contributed by atoms with Crippen molar-refractivity contribution in [3.8, 4) is 5.75 Å². The van der Waals surface area contributed by atoms with Crippen molar-refractivity contribution in [3.05, 3.63) is 60.4 Å². The van der Waals surface area contributed by atoms with Gasteiger partial charge in [-0.25, -0.2) is 9.97 Å². The number of aromatic nitrogens is 2. The summed E-state index contributed by atoms with van der Waals surface area (Å²) in [4.78, 5) is 22.1. The highest BCUT2D eigenvalue weighted by Crippen LogP contribution is 2.30. The molecule has 6 heteroatoms. The number of rotatable bonds is 10. The maximum atomic E-state index is 10.6. The summed E-state index contributed by atoms with van der Waals surface area (Å²) in [5.74, 6) is 1.58. The molecule has 0 bridgehead atoms. The number of allylic oxidation sites excluding steroid dienone is 1. The minimum absolute atomic E-state index is 0.235. The molecule has 2 aromatic carbocycles. The van der Waals surface area contributed by atoms with Crippen molar-refractivity contribution in [2.45, 2.75) is 32.1 Å². The van der Waals surface area contributed by atoms with E-state index in [1.807, 2.05) is 66.6 Å². The Morgan fingerprint density at radius 1 is 1.07 bits per heavy atom. The molecule has 0 saturated heterocycles. The molecule has 0 radical (unpaired) electrons. The van der Waals surface area contributed by atoms with Crippen molar-refractivity contribution in [1.82, 2.24) is 9.97 Å². The van der Waals surface area contributed by atoms with Crippen LogP contribution in [0.3, 0.4) is 0 Å². The number of unbranched alkanes of at least 4 members (excludes halogenated alkanes) is 3. The number of hydrogen-bond acceptors (Lipinski definition) is 5. The summed E-state index contributed by atoms with van der Waals surface area (Å²) >= 11 is 0. The molecular formula is C24H27N3O3. The predicted octanol–water partition coefficient (Wildman–Crippen LogP) is 5.45. The highest BCUT2D eigenvalue weighted by atomic mass is 16.5. The second kappa shape index (κ2) is 10.4. The summed E-state index contributed by atoms with van der Waals surface area (Å²) in [6.07, 6.45) is 7.68. The van der Waals surface area contributed by atoms with Gasteiger partial charge in [0.1, 0.15) is 11.6 Å². The summed E-state index contributed by atoms with van der Waals surface area (Å²) in [6.45, 7) is 0. The summed E-state index contributed by atoms with van der Waals surface area (Å²) in [7, 11) is 3.65. The zero-order valence-corrected chi connectivity index (χ0v) is 17.4. The molecule has 156 valence electrons. The summed E-state index contributed by atoms with van der Waals surface area (Å²) in [6, 6.07) is 15.9. The van der Waals surface area contributed by atoms with Gasteiger partial charge in [-0.3, -0.25) is 4.79 Å². The lowest BCUT2D eigenvalue weighted by molar-refractivity contribution is -0.137. The van der Waals surface area contributed by atoms with E-state index in [4.69, 9.17) is 14.8 Å². The normalized spacial score (nSPS) is 11.1. The van der Waals surface area contributed by atoms with Crippen molar-refractivity contribution in [2.75, 3.05) is 19.1 Å². The zero-order valence-electron chi connectivity index (χ0n) is 17.4. The van der Waals surface area contributed by atoms with Crippen molar-refractivity contribution >= 4 is 34.5 Å². The van der Waals surface area contributed by atoms with Gasteiger partial charge in [0.25, 0.3) is 0 Å². The van der Waals surface area contributed by atoms with Crippen LogP contribution in [0.15, 0.2) is 54.6 Å². The number of nitrogens with zero attached hydrogens (tertiary/aromatic N) is 3. The third kappa shape index (κ3) is 5.56. The van der Waals surface area contributed by atoms with Crippen molar-refractivity contribution in [3.63, 3.8) is 0 Å². The fourth-order valence-corrected chi connectivity index (χ4v) is 3.24. The standard InChI is InChI=1S/C24H27N3O3/c1-27(18-14-16-19(30-2)17-15-18)24-20-10-8-9-11-21(20)25-22(26-24)12-6-4-3-5-7-13-23(28)29/h6,8-12,14-17H,3-5,7,13H2,1-2H3,(H,28,29). The molecule has 1 aromatic heterocycles. The number of carbonyl (C=O) groups is 1. The molecular weight excluding hydrogens is 378 g/mol. The van der Waals surface area contributed by atoms with Crippen LogP contribution in [0.25, 0.3) is 17.0 Å². The Balaban J connectivity index is 1.78. The quantitative estimate of drug-likeness (QED) is 0.452. The molecule has 0 saturated carbocycles. The predicted molar refractivity (Wildman–Crippen MR) is 120 cm³/mol. The van der Waals surface area contributed by atoms with E-state index >= 15 is 0 Å². The molecule has 6 nitrogen and oxygen atoms in total. The second-order valence-electron chi connectivity index (χ2n) is 7.08. The van der Waals surface area contributed by atoms with E-state index in [0.717, 1.165) is 47.4 Å². The molecule has 3 rings (SSSR count). The lowest BCUT2D eigenvalue weighted by Gasteiger charge is -2.20. The van der Waals surface area contributed by atoms with Gasteiger partial charge in [0.2, 0.25) is 0 Å². The number of anilines is 2. The van der Waals surface area contributed by atoms with E-state index in [2.05, 4.69) is 11.1 Å². The van der Waals surface area contributed by atoms with Crippen LogP contribution in [-0.4, -0.2) is 35.2 Å². The lowest BCUT2D eigenvalue weighted by atomic mass is 10.1. The largest absolute Gasteiger partial charge is 0.497 e. The molecule has 0 spiro atoms. The highest BCUT2D eigenvalue weighted by Gasteiger charge is 2.12.